The van der Waals surface area contributed by atoms with E-state index in [4.69, 9.17) is 9.47 Å². The number of carbonyl (C=O) groups is 2. The summed E-state index contributed by atoms with van der Waals surface area (Å²) in [7, 11) is 0. The summed E-state index contributed by atoms with van der Waals surface area (Å²) in [6, 6.07) is 0. The first-order chi connectivity index (χ1) is 12.6. The number of carbonyl (C=O) groups excluding carboxylic acids is 2. The number of hydrogen-bond donors (Lipinski definition) is 0. The van der Waals surface area contributed by atoms with Crippen LogP contribution in [0.25, 0.3) is 0 Å². The molecular weight excluding hydrogens is 328 g/mol. The molecule has 0 aromatic carbocycles. The van der Waals surface area contributed by atoms with Gasteiger partial charge < -0.3 is 9.47 Å². The Bertz CT molecular complexity index is 374. The van der Waals surface area contributed by atoms with Crippen LogP contribution in [0.5, 0.6) is 0 Å². The van der Waals surface area contributed by atoms with E-state index in [0.717, 1.165) is 25.7 Å². The highest BCUT2D eigenvalue weighted by molar-refractivity contribution is 5.77. The number of rotatable bonds is 15. The molecule has 0 saturated heterocycles. The van der Waals surface area contributed by atoms with Crippen LogP contribution in [-0.2, 0) is 19.1 Å². The SMILES string of the molecule is CCCCCCCCCCCOC(=O)CCC(=O)OC(C)C1CCCC1. The minimum atomic E-state index is -0.282. The zero-order valence-electron chi connectivity index (χ0n) is 17.1. The van der Waals surface area contributed by atoms with Gasteiger partial charge in [0.2, 0.25) is 0 Å². The molecular formula is C22H40O4. The number of ether oxygens (including phenoxy) is 2. The van der Waals surface area contributed by atoms with Crippen LogP contribution in [0.1, 0.15) is 110 Å². The molecule has 0 aromatic heterocycles. The molecule has 26 heavy (non-hydrogen) atoms. The Kier molecular flexibility index (Phi) is 13.3. The zero-order valence-corrected chi connectivity index (χ0v) is 17.1. The van der Waals surface area contributed by atoms with E-state index in [1.165, 1.54) is 57.8 Å². The van der Waals surface area contributed by atoms with E-state index in [1.54, 1.807) is 0 Å². The lowest BCUT2D eigenvalue weighted by Gasteiger charge is -2.19. The van der Waals surface area contributed by atoms with Gasteiger partial charge in [-0.1, -0.05) is 71.1 Å². The Labute approximate surface area is 160 Å². The highest BCUT2D eigenvalue weighted by atomic mass is 16.5. The quantitative estimate of drug-likeness (QED) is 0.264. The lowest BCUT2D eigenvalue weighted by atomic mass is 10.0. The molecule has 4 heteroatoms. The molecule has 1 aliphatic carbocycles. The molecule has 4 nitrogen and oxygen atoms in total. The molecule has 0 radical (unpaired) electrons. The monoisotopic (exact) mass is 368 g/mol. The third-order valence-corrected chi connectivity index (χ3v) is 5.43. The standard InChI is InChI=1S/C22H40O4/c1-3-4-5-6-7-8-9-10-13-18-25-21(23)16-17-22(24)26-19(2)20-14-11-12-15-20/h19-20H,3-18H2,1-2H3. The van der Waals surface area contributed by atoms with Crippen molar-refractivity contribution in [1.82, 2.24) is 0 Å². The summed E-state index contributed by atoms with van der Waals surface area (Å²) in [5, 5.41) is 0. The first-order valence-electron chi connectivity index (χ1n) is 11.0. The molecule has 1 aliphatic rings. The van der Waals surface area contributed by atoms with Crippen LogP contribution in [0.4, 0.5) is 0 Å². The fourth-order valence-corrected chi connectivity index (χ4v) is 3.66. The predicted octanol–water partition coefficient (Wildman–Crippen LogP) is 5.96. The van der Waals surface area contributed by atoms with E-state index in [1.807, 2.05) is 6.92 Å². The van der Waals surface area contributed by atoms with Gasteiger partial charge in [0.1, 0.15) is 6.10 Å². The van der Waals surface area contributed by atoms with Crippen LogP contribution in [0.2, 0.25) is 0 Å². The average Bonchev–Trinajstić information content (AvgIpc) is 3.16. The van der Waals surface area contributed by atoms with E-state index in [-0.39, 0.29) is 30.9 Å². The molecule has 0 heterocycles. The third-order valence-electron chi connectivity index (χ3n) is 5.43. The molecule has 0 N–H and O–H groups in total. The summed E-state index contributed by atoms with van der Waals surface area (Å²) in [6.07, 6.45) is 16.2. The Balaban J connectivity index is 1.90. The van der Waals surface area contributed by atoms with E-state index >= 15 is 0 Å². The van der Waals surface area contributed by atoms with Crippen molar-refractivity contribution in [2.45, 2.75) is 116 Å². The van der Waals surface area contributed by atoms with Gasteiger partial charge >= 0.3 is 11.9 Å². The van der Waals surface area contributed by atoms with Gasteiger partial charge in [-0.2, -0.15) is 0 Å². The van der Waals surface area contributed by atoms with Gasteiger partial charge in [0.05, 0.1) is 19.4 Å². The predicted molar refractivity (Wildman–Crippen MR) is 105 cm³/mol. The highest BCUT2D eigenvalue weighted by Gasteiger charge is 2.24. The van der Waals surface area contributed by atoms with E-state index in [2.05, 4.69) is 6.92 Å². The third kappa shape index (κ3) is 11.5. The van der Waals surface area contributed by atoms with Gasteiger partial charge in [-0.15, -0.1) is 0 Å². The number of unbranched alkanes of at least 4 members (excludes halogenated alkanes) is 8. The minimum absolute atomic E-state index is 0.0250. The van der Waals surface area contributed by atoms with Crippen molar-refractivity contribution >= 4 is 11.9 Å². The van der Waals surface area contributed by atoms with Crippen LogP contribution in [-0.4, -0.2) is 24.6 Å². The topological polar surface area (TPSA) is 52.6 Å². The van der Waals surface area contributed by atoms with Crippen molar-refractivity contribution in [3.8, 4) is 0 Å². The van der Waals surface area contributed by atoms with Gasteiger partial charge in [0, 0.05) is 0 Å². The number of hydrogen-bond acceptors (Lipinski definition) is 4. The lowest BCUT2D eigenvalue weighted by Crippen LogP contribution is -2.22. The Morgan fingerprint density at radius 2 is 1.38 bits per heavy atom. The van der Waals surface area contributed by atoms with Crippen molar-refractivity contribution in [1.29, 1.82) is 0 Å². The van der Waals surface area contributed by atoms with E-state index in [9.17, 15) is 9.59 Å². The maximum absolute atomic E-state index is 11.8. The van der Waals surface area contributed by atoms with Gasteiger partial charge in [0.15, 0.2) is 0 Å². The summed E-state index contributed by atoms with van der Waals surface area (Å²) in [5.41, 5.74) is 0. The van der Waals surface area contributed by atoms with Crippen LogP contribution in [0.15, 0.2) is 0 Å². The molecule has 1 fully saturated rings. The molecule has 0 bridgehead atoms. The lowest BCUT2D eigenvalue weighted by molar-refractivity contribution is -0.154. The molecule has 0 amide bonds. The van der Waals surface area contributed by atoms with E-state index < -0.39 is 0 Å². The first kappa shape index (κ1) is 23.0. The first-order valence-corrected chi connectivity index (χ1v) is 11.0. The summed E-state index contributed by atoms with van der Waals surface area (Å²) in [5.74, 6) is -0.0583. The van der Waals surface area contributed by atoms with Crippen molar-refractivity contribution < 1.29 is 19.1 Å². The fraction of sp³-hybridized carbons (Fsp3) is 0.909. The highest BCUT2D eigenvalue weighted by Crippen LogP contribution is 2.29. The van der Waals surface area contributed by atoms with Crippen LogP contribution in [0, 0.1) is 5.92 Å². The van der Waals surface area contributed by atoms with Gasteiger partial charge in [-0.3, -0.25) is 9.59 Å². The second kappa shape index (κ2) is 15.0. The van der Waals surface area contributed by atoms with Gasteiger partial charge in [0.25, 0.3) is 0 Å². The summed E-state index contributed by atoms with van der Waals surface area (Å²) in [4.78, 5) is 23.5. The molecule has 0 spiro atoms. The maximum atomic E-state index is 11.8. The van der Waals surface area contributed by atoms with Crippen molar-refractivity contribution in [3.05, 3.63) is 0 Å². The summed E-state index contributed by atoms with van der Waals surface area (Å²) in [6.45, 7) is 4.68. The molecule has 1 rings (SSSR count). The maximum Gasteiger partial charge on any atom is 0.306 e. The molecule has 1 saturated carbocycles. The number of esters is 2. The Morgan fingerprint density at radius 3 is 2.00 bits per heavy atom. The second-order valence-corrected chi connectivity index (χ2v) is 7.79. The van der Waals surface area contributed by atoms with Crippen molar-refractivity contribution in [2.75, 3.05) is 6.61 Å². The molecule has 1 atom stereocenters. The smallest absolute Gasteiger partial charge is 0.306 e. The van der Waals surface area contributed by atoms with Crippen LogP contribution < -0.4 is 0 Å². The molecule has 152 valence electrons. The normalized spacial score (nSPS) is 15.8. The summed E-state index contributed by atoms with van der Waals surface area (Å²) < 4.78 is 10.7. The Hall–Kier alpha value is -1.06. The van der Waals surface area contributed by atoms with Gasteiger partial charge in [-0.05, 0) is 32.1 Å². The van der Waals surface area contributed by atoms with Crippen LogP contribution >= 0.6 is 0 Å². The Morgan fingerprint density at radius 1 is 0.846 bits per heavy atom. The van der Waals surface area contributed by atoms with Crippen LogP contribution in [0.3, 0.4) is 0 Å². The average molecular weight is 369 g/mol. The summed E-state index contributed by atoms with van der Waals surface area (Å²) >= 11 is 0. The molecule has 1 unspecified atom stereocenters. The second-order valence-electron chi connectivity index (χ2n) is 7.79. The van der Waals surface area contributed by atoms with Crippen molar-refractivity contribution in [2.24, 2.45) is 5.92 Å². The van der Waals surface area contributed by atoms with Crippen molar-refractivity contribution in [3.63, 3.8) is 0 Å². The van der Waals surface area contributed by atoms with E-state index in [0.29, 0.717) is 12.5 Å². The largest absolute Gasteiger partial charge is 0.466 e. The molecule has 0 aromatic rings. The fourth-order valence-electron chi connectivity index (χ4n) is 3.66. The van der Waals surface area contributed by atoms with Gasteiger partial charge in [-0.25, -0.2) is 0 Å². The zero-order chi connectivity index (χ0) is 19.0. The minimum Gasteiger partial charge on any atom is -0.466 e. The molecule has 0 aliphatic heterocycles.